The Morgan fingerprint density at radius 1 is 1.29 bits per heavy atom. The Bertz CT molecular complexity index is 634. The van der Waals surface area contributed by atoms with Gasteiger partial charge in [-0.15, -0.1) is 12.4 Å². The molecular formula is C16H26ClN3O3S. The number of halogens is 1. The number of sulfonamides is 1. The van der Waals surface area contributed by atoms with E-state index in [1.54, 1.807) is 24.3 Å². The molecule has 0 bridgehead atoms. The zero-order valence-electron chi connectivity index (χ0n) is 14.1. The monoisotopic (exact) mass is 375 g/mol. The smallest absolute Gasteiger partial charge is 0.253 e. The summed E-state index contributed by atoms with van der Waals surface area (Å²) in [5.41, 5.74) is 1.07. The first-order chi connectivity index (χ1) is 10.9. The molecule has 2 N–H and O–H groups in total. The average Bonchev–Trinajstić information content (AvgIpc) is 2.54. The Kier molecular flexibility index (Phi) is 7.99. The predicted octanol–water partition coefficient (Wildman–Crippen LogP) is 2.08. The number of carbonyl (C=O) groups excluding carboxylic acids is 1. The number of amides is 1. The first-order valence-electron chi connectivity index (χ1n) is 8.02. The maximum atomic E-state index is 12.5. The summed E-state index contributed by atoms with van der Waals surface area (Å²) in [5.74, 6) is 0.0836. The van der Waals surface area contributed by atoms with Gasteiger partial charge in [-0.3, -0.25) is 9.52 Å². The highest BCUT2D eigenvalue weighted by Crippen LogP contribution is 2.16. The van der Waals surface area contributed by atoms with E-state index < -0.39 is 10.0 Å². The van der Waals surface area contributed by atoms with Crippen LogP contribution in [0.5, 0.6) is 0 Å². The van der Waals surface area contributed by atoms with Crippen LogP contribution >= 0.6 is 12.4 Å². The molecule has 136 valence electrons. The van der Waals surface area contributed by atoms with E-state index in [0.717, 1.165) is 19.4 Å². The van der Waals surface area contributed by atoms with E-state index in [9.17, 15) is 13.2 Å². The number of benzene rings is 1. The molecule has 1 aliphatic heterocycles. The van der Waals surface area contributed by atoms with Crippen molar-refractivity contribution >= 4 is 34.0 Å². The van der Waals surface area contributed by atoms with Gasteiger partial charge in [-0.05, 0) is 50.6 Å². The molecule has 0 saturated carbocycles. The SMILES string of the molecule is CCCS(=O)(=O)Nc1ccc(C(=O)N2CCCC(NC)C2)cc1.Cl. The van der Waals surface area contributed by atoms with Crippen molar-refractivity contribution in [3.05, 3.63) is 29.8 Å². The summed E-state index contributed by atoms with van der Waals surface area (Å²) in [5, 5.41) is 3.22. The summed E-state index contributed by atoms with van der Waals surface area (Å²) in [6.07, 6.45) is 2.64. The lowest BCUT2D eigenvalue weighted by molar-refractivity contribution is 0.0698. The first-order valence-corrected chi connectivity index (χ1v) is 9.67. The summed E-state index contributed by atoms with van der Waals surface area (Å²) in [4.78, 5) is 14.4. The largest absolute Gasteiger partial charge is 0.337 e. The molecule has 1 atom stereocenters. The molecule has 1 fully saturated rings. The highest BCUT2D eigenvalue weighted by molar-refractivity contribution is 7.92. The number of nitrogens with one attached hydrogen (secondary N) is 2. The van der Waals surface area contributed by atoms with Crippen molar-refractivity contribution in [2.45, 2.75) is 32.2 Å². The van der Waals surface area contributed by atoms with Crippen LogP contribution in [0, 0.1) is 0 Å². The lowest BCUT2D eigenvalue weighted by atomic mass is 10.0. The summed E-state index contributed by atoms with van der Waals surface area (Å²) < 4.78 is 26.0. The molecule has 1 saturated heterocycles. The maximum absolute atomic E-state index is 12.5. The highest BCUT2D eigenvalue weighted by atomic mass is 35.5. The van der Waals surface area contributed by atoms with Gasteiger partial charge in [-0.2, -0.15) is 0 Å². The summed E-state index contributed by atoms with van der Waals surface area (Å²) in [6.45, 7) is 3.29. The Labute approximate surface area is 150 Å². The Morgan fingerprint density at radius 2 is 1.96 bits per heavy atom. The number of nitrogens with zero attached hydrogens (tertiary/aromatic N) is 1. The van der Waals surface area contributed by atoms with Crippen LogP contribution in [-0.4, -0.2) is 51.2 Å². The summed E-state index contributed by atoms with van der Waals surface area (Å²) in [6, 6.07) is 6.97. The maximum Gasteiger partial charge on any atom is 0.253 e. The molecule has 1 amide bonds. The van der Waals surface area contributed by atoms with Gasteiger partial charge in [0, 0.05) is 30.4 Å². The van der Waals surface area contributed by atoms with Gasteiger partial charge in [0.05, 0.1) is 5.75 Å². The molecule has 1 unspecified atom stereocenters. The van der Waals surface area contributed by atoms with Gasteiger partial charge in [0.15, 0.2) is 0 Å². The van der Waals surface area contributed by atoms with Gasteiger partial charge in [0.1, 0.15) is 0 Å². The van der Waals surface area contributed by atoms with Crippen LogP contribution in [0.3, 0.4) is 0 Å². The molecule has 1 aromatic rings. The van der Waals surface area contributed by atoms with Crippen LogP contribution in [0.15, 0.2) is 24.3 Å². The van der Waals surface area contributed by atoms with E-state index in [1.165, 1.54) is 0 Å². The van der Waals surface area contributed by atoms with Crippen molar-refractivity contribution in [3.8, 4) is 0 Å². The average molecular weight is 376 g/mol. The summed E-state index contributed by atoms with van der Waals surface area (Å²) in [7, 11) is -1.39. The second kappa shape index (κ2) is 9.25. The van der Waals surface area contributed by atoms with E-state index in [2.05, 4.69) is 10.0 Å². The van der Waals surface area contributed by atoms with Gasteiger partial charge in [0.2, 0.25) is 10.0 Å². The van der Waals surface area contributed by atoms with Gasteiger partial charge < -0.3 is 10.2 Å². The van der Waals surface area contributed by atoms with E-state index in [1.807, 2.05) is 18.9 Å². The highest BCUT2D eigenvalue weighted by Gasteiger charge is 2.23. The van der Waals surface area contributed by atoms with E-state index >= 15 is 0 Å². The number of likely N-dealkylation sites (tertiary alicyclic amines) is 1. The number of carbonyl (C=O) groups is 1. The second-order valence-corrected chi connectivity index (χ2v) is 7.72. The number of hydrogen-bond donors (Lipinski definition) is 2. The molecule has 2 rings (SSSR count). The normalized spacial score (nSPS) is 17.9. The molecule has 0 radical (unpaired) electrons. The zero-order chi connectivity index (χ0) is 16.9. The molecule has 0 aliphatic carbocycles. The standard InChI is InChI=1S/C16H25N3O3S.ClH/c1-3-11-23(21,22)18-14-8-6-13(7-9-14)16(20)19-10-4-5-15(12-19)17-2;/h6-9,15,17-18H,3-5,10-12H2,1-2H3;1H. The fourth-order valence-electron chi connectivity index (χ4n) is 2.76. The molecule has 1 aromatic carbocycles. The van der Waals surface area contributed by atoms with Gasteiger partial charge >= 0.3 is 0 Å². The van der Waals surface area contributed by atoms with E-state index in [0.29, 0.717) is 30.3 Å². The third kappa shape index (κ3) is 5.65. The Hall–Kier alpha value is -1.31. The van der Waals surface area contributed by atoms with Crippen molar-refractivity contribution in [1.29, 1.82) is 0 Å². The Balaban J connectivity index is 0.00000288. The fraction of sp³-hybridized carbons (Fsp3) is 0.562. The van der Waals surface area contributed by atoms with Crippen LogP contribution < -0.4 is 10.0 Å². The zero-order valence-corrected chi connectivity index (χ0v) is 15.8. The van der Waals surface area contributed by atoms with Crippen molar-refractivity contribution in [1.82, 2.24) is 10.2 Å². The number of likely N-dealkylation sites (N-methyl/N-ethyl adjacent to an activating group) is 1. The number of rotatable bonds is 6. The van der Waals surface area contributed by atoms with Crippen molar-refractivity contribution in [3.63, 3.8) is 0 Å². The van der Waals surface area contributed by atoms with Gasteiger partial charge in [-0.1, -0.05) is 6.92 Å². The third-order valence-corrected chi connectivity index (χ3v) is 5.49. The van der Waals surface area contributed by atoms with E-state index in [4.69, 9.17) is 0 Å². The second-order valence-electron chi connectivity index (χ2n) is 5.88. The fourth-order valence-corrected chi connectivity index (χ4v) is 3.89. The first kappa shape index (κ1) is 20.7. The van der Waals surface area contributed by atoms with Crippen molar-refractivity contribution in [2.75, 3.05) is 30.6 Å². The van der Waals surface area contributed by atoms with E-state index in [-0.39, 0.29) is 24.1 Å². The third-order valence-electron chi connectivity index (χ3n) is 3.99. The minimum absolute atomic E-state index is 0. The molecular weight excluding hydrogens is 350 g/mol. The summed E-state index contributed by atoms with van der Waals surface area (Å²) >= 11 is 0. The lowest BCUT2D eigenvalue weighted by Gasteiger charge is -2.32. The lowest BCUT2D eigenvalue weighted by Crippen LogP contribution is -2.46. The Morgan fingerprint density at radius 3 is 2.54 bits per heavy atom. The van der Waals surface area contributed by atoms with Crippen LogP contribution in [0.4, 0.5) is 5.69 Å². The topological polar surface area (TPSA) is 78.5 Å². The van der Waals surface area contributed by atoms with Crippen LogP contribution in [0.2, 0.25) is 0 Å². The van der Waals surface area contributed by atoms with Gasteiger partial charge in [-0.25, -0.2) is 8.42 Å². The van der Waals surface area contributed by atoms with Crippen molar-refractivity contribution < 1.29 is 13.2 Å². The van der Waals surface area contributed by atoms with Gasteiger partial charge in [0.25, 0.3) is 5.91 Å². The quantitative estimate of drug-likeness (QED) is 0.797. The number of piperidine rings is 1. The molecule has 6 nitrogen and oxygen atoms in total. The van der Waals surface area contributed by atoms with Crippen LogP contribution in [-0.2, 0) is 10.0 Å². The van der Waals surface area contributed by atoms with Crippen molar-refractivity contribution in [2.24, 2.45) is 0 Å². The number of hydrogen-bond acceptors (Lipinski definition) is 4. The molecule has 24 heavy (non-hydrogen) atoms. The number of anilines is 1. The minimum atomic E-state index is -3.30. The minimum Gasteiger partial charge on any atom is -0.337 e. The van der Waals surface area contributed by atoms with Crippen LogP contribution in [0.25, 0.3) is 0 Å². The molecule has 0 aromatic heterocycles. The predicted molar refractivity (Wildman–Crippen MR) is 99.4 cm³/mol. The molecule has 1 aliphatic rings. The molecule has 1 heterocycles. The van der Waals surface area contributed by atoms with Crippen LogP contribution in [0.1, 0.15) is 36.5 Å². The molecule has 8 heteroatoms. The molecule has 0 spiro atoms.